The third kappa shape index (κ3) is 4.80. The van der Waals surface area contributed by atoms with Gasteiger partial charge in [-0.1, -0.05) is 20.3 Å². The molecule has 0 aromatic rings. The summed E-state index contributed by atoms with van der Waals surface area (Å²) in [6, 6.07) is 0. The Bertz CT molecular complexity index is 99.4. The van der Waals surface area contributed by atoms with Gasteiger partial charge in [-0.25, -0.2) is 0 Å². The maximum atomic E-state index is 10.4. The van der Waals surface area contributed by atoms with Gasteiger partial charge in [-0.3, -0.25) is 0 Å². The molecular formula is C8H15ClO. The summed E-state index contributed by atoms with van der Waals surface area (Å²) in [6.45, 7) is 3.91. The van der Waals surface area contributed by atoms with E-state index in [-0.39, 0.29) is 5.41 Å². The zero-order valence-corrected chi connectivity index (χ0v) is 7.45. The van der Waals surface area contributed by atoms with Crippen molar-refractivity contribution in [1.29, 1.82) is 0 Å². The van der Waals surface area contributed by atoms with E-state index in [1.54, 1.807) is 0 Å². The average Bonchev–Trinajstić information content (AvgIpc) is 1.89. The van der Waals surface area contributed by atoms with E-state index >= 15 is 0 Å². The molecule has 0 unspecified atom stereocenters. The molecule has 0 aromatic heterocycles. The number of carbonyl (C=O) groups excluding carboxylic acids is 1. The molecule has 0 saturated carbocycles. The molecule has 2 heteroatoms. The van der Waals surface area contributed by atoms with Crippen molar-refractivity contribution in [2.45, 2.75) is 33.1 Å². The quantitative estimate of drug-likeness (QED) is 0.345. The summed E-state index contributed by atoms with van der Waals surface area (Å²) >= 11 is 5.49. The predicted molar refractivity (Wildman–Crippen MR) is 44.4 cm³/mol. The number of carbonyl (C=O) groups is 1. The van der Waals surface area contributed by atoms with Crippen molar-refractivity contribution in [3.05, 3.63) is 0 Å². The average molecular weight is 163 g/mol. The molecule has 0 bridgehead atoms. The summed E-state index contributed by atoms with van der Waals surface area (Å²) < 4.78 is 0. The fourth-order valence-corrected chi connectivity index (χ4v) is 0.923. The van der Waals surface area contributed by atoms with Crippen molar-refractivity contribution in [3.8, 4) is 0 Å². The van der Waals surface area contributed by atoms with Crippen LogP contribution in [0.2, 0.25) is 0 Å². The third-order valence-corrected chi connectivity index (χ3v) is 1.79. The Labute approximate surface area is 67.8 Å². The molecule has 0 aliphatic heterocycles. The van der Waals surface area contributed by atoms with Gasteiger partial charge in [0.25, 0.3) is 0 Å². The summed E-state index contributed by atoms with van der Waals surface area (Å²) in [4.78, 5) is 10.4. The molecule has 0 spiro atoms. The van der Waals surface area contributed by atoms with Crippen LogP contribution < -0.4 is 0 Å². The van der Waals surface area contributed by atoms with E-state index in [1.807, 2.05) is 13.8 Å². The van der Waals surface area contributed by atoms with Gasteiger partial charge in [-0.05, 0) is 12.8 Å². The molecule has 0 amide bonds. The molecule has 0 N–H and O–H groups in total. The highest BCUT2D eigenvalue weighted by molar-refractivity contribution is 6.17. The van der Waals surface area contributed by atoms with Crippen LogP contribution in [0.4, 0.5) is 0 Å². The second-order valence-electron chi connectivity index (χ2n) is 3.25. The molecule has 10 heavy (non-hydrogen) atoms. The summed E-state index contributed by atoms with van der Waals surface area (Å²) in [5, 5.41) is 0. The number of hydrogen-bond donors (Lipinski definition) is 0. The van der Waals surface area contributed by atoms with Gasteiger partial charge < -0.3 is 4.79 Å². The molecule has 0 heterocycles. The van der Waals surface area contributed by atoms with E-state index in [4.69, 9.17) is 11.6 Å². The number of aldehydes is 1. The molecule has 0 aromatic carbocycles. The van der Waals surface area contributed by atoms with Crippen LogP contribution >= 0.6 is 11.6 Å². The fraction of sp³-hybridized carbons (Fsp3) is 0.875. The molecule has 0 aliphatic rings. The van der Waals surface area contributed by atoms with Gasteiger partial charge in [0.15, 0.2) is 0 Å². The largest absolute Gasteiger partial charge is 0.303 e. The van der Waals surface area contributed by atoms with Crippen LogP contribution in [0.3, 0.4) is 0 Å². The lowest BCUT2D eigenvalue weighted by molar-refractivity contribution is -0.115. The number of alkyl halides is 1. The van der Waals surface area contributed by atoms with Crippen molar-refractivity contribution in [2.24, 2.45) is 5.41 Å². The van der Waals surface area contributed by atoms with E-state index in [1.165, 1.54) is 0 Å². The Morgan fingerprint density at radius 2 is 2.00 bits per heavy atom. The number of rotatable bonds is 5. The zero-order valence-electron chi connectivity index (χ0n) is 6.69. The van der Waals surface area contributed by atoms with Gasteiger partial charge in [0.2, 0.25) is 0 Å². The molecular weight excluding hydrogens is 148 g/mol. The minimum Gasteiger partial charge on any atom is -0.303 e. The molecule has 0 radical (unpaired) electrons. The predicted octanol–water partition coefficient (Wildman–Crippen LogP) is 2.62. The molecule has 1 nitrogen and oxygen atoms in total. The minimum absolute atomic E-state index is 0.147. The smallest absolute Gasteiger partial charge is 0.125 e. The molecule has 0 rings (SSSR count). The standard InChI is InChI=1S/C8H15ClO/c1-8(2,7-10)5-3-4-6-9/h7H,3-6H2,1-2H3. The SMILES string of the molecule is CC(C)(C=O)CCCCCl. The van der Waals surface area contributed by atoms with E-state index in [2.05, 4.69) is 0 Å². The van der Waals surface area contributed by atoms with Crippen LogP contribution in [-0.2, 0) is 4.79 Å². The first kappa shape index (κ1) is 9.96. The first-order valence-electron chi connectivity index (χ1n) is 3.65. The Hall–Kier alpha value is -0.0400. The van der Waals surface area contributed by atoms with E-state index < -0.39 is 0 Å². The van der Waals surface area contributed by atoms with Gasteiger partial charge in [0, 0.05) is 11.3 Å². The van der Waals surface area contributed by atoms with Gasteiger partial charge in [-0.2, -0.15) is 0 Å². The van der Waals surface area contributed by atoms with E-state index in [0.717, 1.165) is 25.5 Å². The summed E-state index contributed by atoms with van der Waals surface area (Å²) in [5.74, 6) is 0.703. The first-order chi connectivity index (χ1) is 4.62. The van der Waals surface area contributed by atoms with Crippen molar-refractivity contribution >= 4 is 17.9 Å². The van der Waals surface area contributed by atoms with Gasteiger partial charge in [0.1, 0.15) is 6.29 Å². The Balaban J connectivity index is 3.37. The number of unbranched alkanes of at least 4 members (excludes halogenated alkanes) is 1. The van der Waals surface area contributed by atoms with Crippen molar-refractivity contribution in [3.63, 3.8) is 0 Å². The molecule has 0 saturated heterocycles. The van der Waals surface area contributed by atoms with Crippen LogP contribution in [0.25, 0.3) is 0 Å². The lowest BCUT2D eigenvalue weighted by atomic mass is 9.89. The highest BCUT2D eigenvalue weighted by Gasteiger charge is 2.14. The molecule has 0 aliphatic carbocycles. The normalized spacial score (nSPS) is 11.5. The Kier molecular flexibility index (Phi) is 4.71. The Morgan fingerprint density at radius 1 is 1.40 bits per heavy atom. The van der Waals surface area contributed by atoms with Gasteiger partial charge >= 0.3 is 0 Å². The third-order valence-electron chi connectivity index (χ3n) is 1.52. The molecule has 0 atom stereocenters. The van der Waals surface area contributed by atoms with Gasteiger partial charge in [0.05, 0.1) is 0 Å². The maximum Gasteiger partial charge on any atom is 0.125 e. The second-order valence-corrected chi connectivity index (χ2v) is 3.63. The fourth-order valence-electron chi connectivity index (χ4n) is 0.734. The first-order valence-corrected chi connectivity index (χ1v) is 4.18. The summed E-state index contributed by atoms with van der Waals surface area (Å²) in [6.07, 6.45) is 4.03. The highest BCUT2D eigenvalue weighted by Crippen LogP contribution is 2.19. The van der Waals surface area contributed by atoms with Crippen molar-refractivity contribution < 1.29 is 4.79 Å². The number of halogens is 1. The molecule has 0 fully saturated rings. The van der Waals surface area contributed by atoms with Crippen LogP contribution in [0.5, 0.6) is 0 Å². The number of hydrogen-bond acceptors (Lipinski definition) is 1. The zero-order chi connectivity index (χ0) is 8.04. The lowest BCUT2D eigenvalue weighted by Crippen LogP contribution is -2.12. The maximum absolute atomic E-state index is 10.4. The summed E-state index contributed by atoms with van der Waals surface area (Å²) in [5.41, 5.74) is -0.147. The lowest BCUT2D eigenvalue weighted by Gasteiger charge is -2.14. The van der Waals surface area contributed by atoms with Crippen molar-refractivity contribution in [1.82, 2.24) is 0 Å². The van der Waals surface area contributed by atoms with Crippen molar-refractivity contribution in [2.75, 3.05) is 5.88 Å². The monoisotopic (exact) mass is 162 g/mol. The van der Waals surface area contributed by atoms with Crippen LogP contribution in [-0.4, -0.2) is 12.2 Å². The van der Waals surface area contributed by atoms with E-state index in [9.17, 15) is 4.79 Å². The topological polar surface area (TPSA) is 17.1 Å². The van der Waals surface area contributed by atoms with Crippen LogP contribution in [0.1, 0.15) is 33.1 Å². The van der Waals surface area contributed by atoms with Crippen LogP contribution in [0, 0.1) is 5.41 Å². The molecule has 60 valence electrons. The minimum atomic E-state index is -0.147. The second kappa shape index (κ2) is 4.73. The summed E-state index contributed by atoms with van der Waals surface area (Å²) in [7, 11) is 0. The highest BCUT2D eigenvalue weighted by atomic mass is 35.5. The van der Waals surface area contributed by atoms with E-state index in [0.29, 0.717) is 5.88 Å². The van der Waals surface area contributed by atoms with Crippen LogP contribution in [0.15, 0.2) is 0 Å². The van der Waals surface area contributed by atoms with Gasteiger partial charge in [-0.15, -0.1) is 11.6 Å². The Morgan fingerprint density at radius 3 is 2.40 bits per heavy atom.